The summed E-state index contributed by atoms with van der Waals surface area (Å²) in [6.07, 6.45) is 4.81. The van der Waals surface area contributed by atoms with E-state index in [4.69, 9.17) is 47.0 Å². The second kappa shape index (κ2) is 9.11. The largest absolute Gasteiger partial charge is 0.287 e. The number of nitrogens with zero attached hydrogens (tertiary/aromatic N) is 2. The molecule has 2 saturated heterocycles. The molecule has 1 aromatic carbocycles. The molecule has 2 amide bonds. The number of amides is 2. The number of piperidine rings is 1. The van der Waals surface area contributed by atoms with Gasteiger partial charge in [-0.1, -0.05) is 65.2 Å². The fourth-order valence-corrected chi connectivity index (χ4v) is 4.68. The fourth-order valence-electron chi connectivity index (χ4n) is 2.80. The Morgan fingerprint density at radius 1 is 1.19 bits per heavy atom. The summed E-state index contributed by atoms with van der Waals surface area (Å²) in [5, 5.41) is 2.85. The van der Waals surface area contributed by atoms with Gasteiger partial charge in [0.1, 0.15) is 10.9 Å². The zero-order valence-electron chi connectivity index (χ0n) is 14.1. The molecule has 0 saturated carbocycles. The summed E-state index contributed by atoms with van der Waals surface area (Å²) >= 11 is 24.8. The van der Waals surface area contributed by atoms with Crippen LogP contribution in [-0.2, 0) is 9.59 Å². The lowest BCUT2D eigenvalue weighted by atomic mass is 10.2. The van der Waals surface area contributed by atoms with Gasteiger partial charge in [0.15, 0.2) is 0 Å². The number of hydrazine groups is 1. The maximum atomic E-state index is 12.7. The van der Waals surface area contributed by atoms with Gasteiger partial charge < -0.3 is 0 Å². The molecule has 2 heterocycles. The van der Waals surface area contributed by atoms with Crippen molar-refractivity contribution in [1.82, 2.24) is 15.3 Å². The third kappa shape index (κ3) is 4.96. The molecule has 5 nitrogen and oxygen atoms in total. The summed E-state index contributed by atoms with van der Waals surface area (Å²) in [7, 11) is 0. The van der Waals surface area contributed by atoms with E-state index >= 15 is 0 Å². The fraction of sp³-hybridized carbons (Fsp3) is 0.353. The van der Waals surface area contributed by atoms with E-state index in [0.29, 0.717) is 24.8 Å². The molecule has 0 aromatic heterocycles. The molecular weight excluding hydrogens is 449 g/mol. The van der Waals surface area contributed by atoms with E-state index in [2.05, 4.69) is 5.43 Å². The first-order valence-corrected chi connectivity index (χ1v) is 10.7. The predicted molar refractivity (Wildman–Crippen MR) is 115 cm³/mol. The third-order valence-corrected chi connectivity index (χ3v) is 6.70. The van der Waals surface area contributed by atoms with Gasteiger partial charge in [-0.2, -0.15) is 0 Å². The minimum absolute atomic E-state index is 0.129. The van der Waals surface area contributed by atoms with E-state index in [0.717, 1.165) is 37.7 Å². The standard InChI is InChI=1S/C17H16Cl3N3O2S2/c18-11-4-5-12(19)15(20)10(11)8-13-16(25)23(17(26)27-13)9-14(24)21-22-6-2-1-3-7-22/h4-5,8H,1-3,6-7,9H2,(H,21,24)/b13-8-. The quantitative estimate of drug-likeness (QED) is 0.407. The van der Waals surface area contributed by atoms with Crippen molar-refractivity contribution < 1.29 is 9.59 Å². The molecule has 1 N–H and O–H groups in total. The van der Waals surface area contributed by atoms with Crippen LogP contribution in [0.5, 0.6) is 0 Å². The van der Waals surface area contributed by atoms with Gasteiger partial charge in [-0.25, -0.2) is 5.01 Å². The average Bonchev–Trinajstić information content (AvgIpc) is 2.90. The highest BCUT2D eigenvalue weighted by atomic mass is 35.5. The molecule has 2 aliphatic heterocycles. The molecule has 0 spiro atoms. The average molecular weight is 465 g/mol. The zero-order valence-corrected chi connectivity index (χ0v) is 18.0. The Morgan fingerprint density at radius 3 is 2.56 bits per heavy atom. The Kier molecular flexibility index (Phi) is 7.05. The number of benzene rings is 1. The van der Waals surface area contributed by atoms with E-state index in [1.54, 1.807) is 18.2 Å². The number of thiocarbonyl (C=S) groups is 1. The highest BCUT2D eigenvalue weighted by molar-refractivity contribution is 8.26. The van der Waals surface area contributed by atoms with E-state index in [1.165, 1.54) is 11.3 Å². The molecule has 0 bridgehead atoms. The second-order valence-corrected chi connectivity index (χ2v) is 8.98. The summed E-state index contributed by atoms with van der Waals surface area (Å²) < 4.78 is 0.314. The van der Waals surface area contributed by atoms with Crippen LogP contribution in [0.4, 0.5) is 0 Å². The van der Waals surface area contributed by atoms with Crippen molar-refractivity contribution in [3.8, 4) is 0 Å². The molecule has 3 rings (SSSR count). The first-order valence-electron chi connectivity index (χ1n) is 8.30. The first-order chi connectivity index (χ1) is 12.9. The predicted octanol–water partition coefficient (Wildman–Crippen LogP) is 4.37. The van der Waals surface area contributed by atoms with Crippen LogP contribution < -0.4 is 5.43 Å². The van der Waals surface area contributed by atoms with Crippen LogP contribution in [0.15, 0.2) is 17.0 Å². The SMILES string of the molecule is O=C(CN1C(=O)/C(=C/c2c(Cl)ccc(Cl)c2Cl)SC1=S)NN1CCCCC1. The molecule has 10 heteroatoms. The Morgan fingerprint density at radius 2 is 1.85 bits per heavy atom. The maximum absolute atomic E-state index is 12.7. The summed E-state index contributed by atoms with van der Waals surface area (Å²) in [4.78, 5) is 26.6. The zero-order chi connectivity index (χ0) is 19.6. The molecule has 2 fully saturated rings. The minimum Gasteiger partial charge on any atom is -0.287 e. The van der Waals surface area contributed by atoms with Gasteiger partial charge in [-0.05, 0) is 31.1 Å². The van der Waals surface area contributed by atoms with Gasteiger partial charge in [-0.3, -0.25) is 19.9 Å². The third-order valence-electron chi connectivity index (χ3n) is 4.17. The van der Waals surface area contributed by atoms with Crippen LogP contribution in [-0.4, -0.2) is 45.7 Å². The van der Waals surface area contributed by atoms with Gasteiger partial charge in [0, 0.05) is 23.7 Å². The Balaban J connectivity index is 1.71. The van der Waals surface area contributed by atoms with Gasteiger partial charge >= 0.3 is 0 Å². The lowest BCUT2D eigenvalue weighted by Gasteiger charge is -2.27. The molecule has 2 aliphatic rings. The van der Waals surface area contributed by atoms with E-state index in [-0.39, 0.29) is 23.4 Å². The maximum Gasteiger partial charge on any atom is 0.266 e. The molecule has 0 unspecified atom stereocenters. The Labute approximate surface area is 181 Å². The number of carbonyl (C=O) groups excluding carboxylic acids is 2. The lowest BCUT2D eigenvalue weighted by Crippen LogP contribution is -2.49. The number of thioether (sulfide) groups is 1. The smallest absolute Gasteiger partial charge is 0.266 e. The highest BCUT2D eigenvalue weighted by Crippen LogP contribution is 2.37. The van der Waals surface area contributed by atoms with Crippen molar-refractivity contribution in [2.75, 3.05) is 19.6 Å². The van der Waals surface area contributed by atoms with Crippen LogP contribution >= 0.6 is 58.8 Å². The van der Waals surface area contributed by atoms with Crippen LogP contribution in [0, 0.1) is 0 Å². The number of carbonyl (C=O) groups is 2. The number of hydrogen-bond donors (Lipinski definition) is 1. The lowest BCUT2D eigenvalue weighted by molar-refractivity contribution is -0.131. The summed E-state index contributed by atoms with van der Waals surface area (Å²) in [6.45, 7) is 1.50. The van der Waals surface area contributed by atoms with Gasteiger partial charge in [0.25, 0.3) is 11.8 Å². The molecule has 0 aliphatic carbocycles. The molecular formula is C17H16Cl3N3O2S2. The summed E-state index contributed by atoms with van der Waals surface area (Å²) in [5.41, 5.74) is 3.28. The topological polar surface area (TPSA) is 52.7 Å². The van der Waals surface area contributed by atoms with Crippen LogP contribution in [0.3, 0.4) is 0 Å². The number of rotatable bonds is 4. The van der Waals surface area contributed by atoms with Gasteiger partial charge in [0.2, 0.25) is 0 Å². The molecule has 27 heavy (non-hydrogen) atoms. The van der Waals surface area contributed by atoms with Crippen molar-refractivity contribution in [3.63, 3.8) is 0 Å². The molecule has 0 radical (unpaired) electrons. The van der Waals surface area contributed by atoms with Crippen LogP contribution in [0.2, 0.25) is 15.1 Å². The summed E-state index contributed by atoms with van der Waals surface area (Å²) in [6, 6.07) is 3.19. The molecule has 0 atom stereocenters. The number of halogens is 3. The number of nitrogens with one attached hydrogen (secondary N) is 1. The minimum atomic E-state index is -0.356. The van der Waals surface area contributed by atoms with Crippen LogP contribution in [0.25, 0.3) is 6.08 Å². The Bertz CT molecular complexity index is 826. The summed E-state index contributed by atoms with van der Waals surface area (Å²) in [5.74, 6) is -0.626. The molecule has 1 aromatic rings. The second-order valence-electron chi connectivity index (χ2n) is 6.11. The van der Waals surface area contributed by atoms with Crippen molar-refractivity contribution in [1.29, 1.82) is 0 Å². The van der Waals surface area contributed by atoms with Gasteiger partial charge in [-0.15, -0.1) is 0 Å². The van der Waals surface area contributed by atoms with Crippen molar-refractivity contribution in [3.05, 3.63) is 37.7 Å². The van der Waals surface area contributed by atoms with Crippen molar-refractivity contribution in [2.45, 2.75) is 19.3 Å². The number of hydrogen-bond acceptors (Lipinski definition) is 5. The van der Waals surface area contributed by atoms with E-state index in [1.807, 2.05) is 5.01 Å². The van der Waals surface area contributed by atoms with E-state index in [9.17, 15) is 9.59 Å². The van der Waals surface area contributed by atoms with Crippen LogP contribution in [0.1, 0.15) is 24.8 Å². The van der Waals surface area contributed by atoms with Crippen molar-refractivity contribution in [2.24, 2.45) is 0 Å². The monoisotopic (exact) mass is 463 g/mol. The normalized spacial score (nSPS) is 19.8. The van der Waals surface area contributed by atoms with Crippen molar-refractivity contribution >= 4 is 81.0 Å². The van der Waals surface area contributed by atoms with Gasteiger partial charge in [0.05, 0.1) is 15.0 Å². The Hall–Kier alpha value is -0.830. The molecule has 144 valence electrons. The highest BCUT2D eigenvalue weighted by Gasteiger charge is 2.34. The first kappa shape index (κ1) is 20.9. The van der Waals surface area contributed by atoms with E-state index < -0.39 is 0 Å².